The van der Waals surface area contributed by atoms with Crippen LogP contribution in [0.2, 0.25) is 0 Å². The molecular weight excluding hydrogens is 682 g/mol. The SMILES string of the molecule is CCC(C)[C@H](NC(=O)C1CCc2[nH]c3c(C(F)(F)F)cccc3c2C1)C(=O)NCCCCO.CCCC.NC(=O)CNC(=O)Cc1ccccc1F. The lowest BCUT2D eigenvalue weighted by molar-refractivity contribution is -0.136. The Hall–Kier alpha value is -4.46. The minimum atomic E-state index is -4.46. The molecule has 0 aliphatic heterocycles. The molecule has 7 N–H and O–H groups in total. The van der Waals surface area contributed by atoms with Crippen LogP contribution in [0.5, 0.6) is 0 Å². The molecule has 0 radical (unpaired) electrons. The lowest BCUT2D eigenvalue weighted by Gasteiger charge is -2.27. The van der Waals surface area contributed by atoms with Crippen molar-refractivity contribution < 1.29 is 41.8 Å². The molecule has 4 rings (SSSR count). The number of aromatic nitrogens is 1. The first-order valence-corrected chi connectivity index (χ1v) is 17.8. The molecule has 2 aromatic carbocycles. The first-order valence-electron chi connectivity index (χ1n) is 17.8. The molecule has 1 aliphatic carbocycles. The normalized spacial score (nSPS) is 14.8. The molecule has 3 aromatic rings. The fraction of sp³-hybridized carbons (Fsp3) is 0.526. The van der Waals surface area contributed by atoms with E-state index in [0.717, 1.165) is 17.3 Å². The van der Waals surface area contributed by atoms with E-state index in [9.17, 15) is 36.7 Å². The number of primary amides is 1. The number of rotatable bonds is 14. The Balaban J connectivity index is 0.000000408. The third-order valence-electron chi connectivity index (χ3n) is 8.85. The number of nitrogens with one attached hydrogen (secondary N) is 4. The summed E-state index contributed by atoms with van der Waals surface area (Å²) in [6.07, 6.45) is 1.32. The van der Waals surface area contributed by atoms with E-state index >= 15 is 0 Å². The highest BCUT2D eigenvalue weighted by Crippen LogP contribution is 2.39. The summed E-state index contributed by atoms with van der Waals surface area (Å²) in [4.78, 5) is 50.3. The molecule has 3 atom stereocenters. The van der Waals surface area contributed by atoms with E-state index in [-0.39, 0.29) is 42.8 Å². The monoisotopic (exact) mass is 735 g/mol. The highest BCUT2D eigenvalue weighted by Gasteiger charge is 2.36. The van der Waals surface area contributed by atoms with Crippen LogP contribution in [0.1, 0.15) is 88.6 Å². The molecule has 14 heteroatoms. The van der Waals surface area contributed by atoms with Gasteiger partial charge in [-0.15, -0.1) is 0 Å². The number of alkyl halides is 3. The fourth-order valence-corrected chi connectivity index (χ4v) is 5.50. The molecule has 1 heterocycles. The number of halogens is 4. The van der Waals surface area contributed by atoms with E-state index in [1.807, 2.05) is 13.8 Å². The summed E-state index contributed by atoms with van der Waals surface area (Å²) in [5.74, 6) is -2.50. The van der Waals surface area contributed by atoms with Crippen LogP contribution in [-0.4, -0.2) is 59.5 Å². The molecule has 2 unspecified atom stereocenters. The second kappa shape index (κ2) is 21.8. The number of hydrogen-bond donors (Lipinski definition) is 6. The second-order valence-corrected chi connectivity index (χ2v) is 12.9. The molecule has 1 aliphatic rings. The summed E-state index contributed by atoms with van der Waals surface area (Å²) in [6, 6.07) is 9.39. The number of aliphatic hydroxyl groups excluding tert-OH is 1. The maximum absolute atomic E-state index is 13.4. The smallest absolute Gasteiger partial charge is 0.396 e. The molecule has 52 heavy (non-hydrogen) atoms. The number of aromatic amines is 1. The molecule has 0 saturated carbocycles. The largest absolute Gasteiger partial charge is 0.418 e. The number of carbonyl (C=O) groups excluding carboxylic acids is 4. The zero-order valence-electron chi connectivity index (χ0n) is 30.4. The summed E-state index contributed by atoms with van der Waals surface area (Å²) < 4.78 is 53.3. The van der Waals surface area contributed by atoms with Gasteiger partial charge in [0.2, 0.25) is 23.6 Å². The molecule has 288 valence electrons. The number of unbranched alkanes of at least 4 members (excludes halogenated alkanes) is 2. The van der Waals surface area contributed by atoms with Gasteiger partial charge in [-0.3, -0.25) is 19.2 Å². The van der Waals surface area contributed by atoms with Gasteiger partial charge in [-0.25, -0.2) is 4.39 Å². The van der Waals surface area contributed by atoms with Crippen molar-refractivity contribution in [3.8, 4) is 0 Å². The molecule has 0 saturated heterocycles. The molecule has 4 amide bonds. The van der Waals surface area contributed by atoms with E-state index < -0.39 is 41.3 Å². The molecule has 10 nitrogen and oxygen atoms in total. The van der Waals surface area contributed by atoms with Crippen LogP contribution in [0.3, 0.4) is 0 Å². The number of benzene rings is 2. The lowest BCUT2D eigenvalue weighted by atomic mass is 9.85. The number of H-pyrrole nitrogens is 1. The number of fused-ring (bicyclic) bond motifs is 3. The maximum Gasteiger partial charge on any atom is 0.418 e. The lowest BCUT2D eigenvalue weighted by Crippen LogP contribution is -2.52. The van der Waals surface area contributed by atoms with Crippen molar-refractivity contribution in [2.45, 2.75) is 97.7 Å². The highest BCUT2D eigenvalue weighted by atomic mass is 19.4. The molecule has 0 bridgehead atoms. The quantitative estimate of drug-likeness (QED) is 0.0951. The van der Waals surface area contributed by atoms with Gasteiger partial charge in [-0.2, -0.15) is 13.2 Å². The summed E-state index contributed by atoms with van der Waals surface area (Å²) in [6.45, 7) is 8.46. The maximum atomic E-state index is 13.4. The van der Waals surface area contributed by atoms with Crippen molar-refractivity contribution in [2.75, 3.05) is 19.7 Å². The topological polar surface area (TPSA) is 166 Å². The predicted molar refractivity (Wildman–Crippen MR) is 192 cm³/mol. The van der Waals surface area contributed by atoms with Crippen molar-refractivity contribution >= 4 is 34.5 Å². The second-order valence-electron chi connectivity index (χ2n) is 12.9. The van der Waals surface area contributed by atoms with Crippen molar-refractivity contribution in [1.82, 2.24) is 20.9 Å². The average molecular weight is 736 g/mol. The minimum Gasteiger partial charge on any atom is -0.396 e. The Labute approximate surface area is 302 Å². The number of amides is 4. The van der Waals surface area contributed by atoms with Gasteiger partial charge in [0.1, 0.15) is 11.9 Å². The number of aliphatic hydroxyl groups is 1. The average Bonchev–Trinajstić information content (AvgIpc) is 3.50. The van der Waals surface area contributed by atoms with Crippen molar-refractivity contribution in [1.29, 1.82) is 0 Å². The molecular formula is C38H53F4N5O5. The fourth-order valence-electron chi connectivity index (χ4n) is 5.50. The van der Waals surface area contributed by atoms with E-state index in [4.69, 9.17) is 10.8 Å². The third kappa shape index (κ3) is 13.6. The number of aryl methyl sites for hydroxylation is 1. The van der Waals surface area contributed by atoms with Gasteiger partial charge in [-0.05, 0) is 61.3 Å². The van der Waals surface area contributed by atoms with Crippen LogP contribution in [-0.2, 0) is 44.6 Å². The number of carbonyl (C=O) groups is 4. The minimum absolute atomic E-state index is 0.0589. The number of nitrogens with two attached hydrogens (primary N) is 1. The van der Waals surface area contributed by atoms with Gasteiger partial charge in [0.25, 0.3) is 0 Å². The first kappa shape index (κ1) is 43.7. The van der Waals surface area contributed by atoms with Crippen LogP contribution in [0.15, 0.2) is 42.5 Å². The van der Waals surface area contributed by atoms with Crippen LogP contribution in [0.4, 0.5) is 17.6 Å². The summed E-state index contributed by atoms with van der Waals surface area (Å²) >= 11 is 0. The van der Waals surface area contributed by atoms with Crippen molar-refractivity contribution in [3.05, 3.63) is 70.7 Å². The molecule has 1 aromatic heterocycles. The van der Waals surface area contributed by atoms with E-state index in [1.165, 1.54) is 31.0 Å². The van der Waals surface area contributed by atoms with Crippen molar-refractivity contribution in [3.63, 3.8) is 0 Å². The standard InChI is InChI=1S/C24H32F3N3O3.C10H11FN2O2.C4H10/c1-3-14(2)20(23(33)28-11-4-5-12-31)30-22(32)15-9-10-19-17(13-15)16-7-6-8-18(21(16)29-19)24(25,26)27;11-8-4-2-1-3-7(8)5-10(15)13-6-9(12)14;1-3-4-2/h6-8,14-15,20,29,31H,3-5,9-13H2,1-2H3,(H,28,33)(H,30,32);1-4H,5-6H2,(H2,12,14)(H,13,15);3-4H2,1-2H3/t14?,15?,20-;;/m0../s1. The van der Waals surface area contributed by atoms with Crippen LogP contribution in [0, 0.1) is 17.7 Å². The first-order chi connectivity index (χ1) is 24.7. The molecule has 0 fully saturated rings. The van der Waals surface area contributed by atoms with Gasteiger partial charge in [0.05, 0.1) is 24.0 Å². The van der Waals surface area contributed by atoms with Gasteiger partial charge >= 0.3 is 6.18 Å². The van der Waals surface area contributed by atoms with E-state index in [1.54, 1.807) is 18.2 Å². The highest BCUT2D eigenvalue weighted by molar-refractivity contribution is 5.91. The summed E-state index contributed by atoms with van der Waals surface area (Å²) in [5, 5.41) is 17.4. The van der Waals surface area contributed by atoms with E-state index in [0.29, 0.717) is 56.0 Å². The summed E-state index contributed by atoms with van der Waals surface area (Å²) in [7, 11) is 0. The number of para-hydroxylation sites is 1. The predicted octanol–water partition coefficient (Wildman–Crippen LogP) is 5.49. The van der Waals surface area contributed by atoms with Crippen LogP contribution < -0.4 is 21.7 Å². The van der Waals surface area contributed by atoms with Gasteiger partial charge in [-0.1, -0.05) is 77.3 Å². The van der Waals surface area contributed by atoms with Crippen LogP contribution in [0.25, 0.3) is 10.9 Å². The zero-order chi connectivity index (χ0) is 38.8. The van der Waals surface area contributed by atoms with E-state index in [2.05, 4.69) is 34.8 Å². The Morgan fingerprint density at radius 2 is 1.69 bits per heavy atom. The van der Waals surface area contributed by atoms with Crippen molar-refractivity contribution in [2.24, 2.45) is 17.6 Å². The Morgan fingerprint density at radius 3 is 2.29 bits per heavy atom. The van der Waals surface area contributed by atoms with Gasteiger partial charge in [0.15, 0.2) is 0 Å². The van der Waals surface area contributed by atoms with Crippen LogP contribution >= 0.6 is 0 Å². The van der Waals surface area contributed by atoms with Gasteiger partial charge in [0, 0.05) is 30.1 Å². The molecule has 0 spiro atoms. The zero-order valence-corrected chi connectivity index (χ0v) is 30.4. The van der Waals surface area contributed by atoms with Gasteiger partial charge < -0.3 is 31.8 Å². The Morgan fingerprint density at radius 1 is 1.00 bits per heavy atom. The number of hydrogen-bond acceptors (Lipinski definition) is 5. The third-order valence-corrected chi connectivity index (χ3v) is 8.85. The Kier molecular flexibility index (Phi) is 18.3. The summed E-state index contributed by atoms with van der Waals surface area (Å²) in [5.41, 5.74) is 5.98. The Bertz CT molecular complexity index is 1610.